The maximum Gasteiger partial charge on any atom is 0.336 e. The quantitative estimate of drug-likeness (QED) is 0.797. The number of H-pyrrole nitrogens is 1. The zero-order valence-electron chi connectivity index (χ0n) is 15.4. The molecule has 0 amide bonds. The van der Waals surface area contributed by atoms with Gasteiger partial charge in [-0.25, -0.2) is 4.79 Å². The van der Waals surface area contributed by atoms with E-state index in [0.29, 0.717) is 6.61 Å². The average molecular weight is 351 g/mol. The SMILES string of the molecule is CCCC1=C(C(=O)OCC)C(c2cccc3c2CCC3)c2cn[nH]c2N1. The Morgan fingerprint density at radius 3 is 2.96 bits per heavy atom. The Morgan fingerprint density at radius 2 is 2.15 bits per heavy atom. The first-order valence-corrected chi connectivity index (χ1v) is 9.55. The van der Waals surface area contributed by atoms with Crippen LogP contribution in [0.3, 0.4) is 0 Å². The van der Waals surface area contributed by atoms with E-state index < -0.39 is 0 Å². The molecule has 1 unspecified atom stereocenters. The van der Waals surface area contributed by atoms with E-state index in [1.807, 2.05) is 13.1 Å². The van der Waals surface area contributed by atoms with E-state index in [1.165, 1.54) is 23.1 Å². The number of benzene rings is 1. The van der Waals surface area contributed by atoms with Crippen molar-refractivity contribution in [2.24, 2.45) is 0 Å². The molecule has 0 bridgehead atoms. The summed E-state index contributed by atoms with van der Waals surface area (Å²) in [7, 11) is 0. The summed E-state index contributed by atoms with van der Waals surface area (Å²) in [6.45, 7) is 4.35. The van der Waals surface area contributed by atoms with Crippen molar-refractivity contribution in [3.8, 4) is 0 Å². The molecule has 26 heavy (non-hydrogen) atoms. The number of carbonyl (C=O) groups excluding carboxylic acids is 1. The number of rotatable bonds is 5. The Bertz CT molecular complexity index is 866. The molecular weight excluding hydrogens is 326 g/mol. The molecule has 0 fully saturated rings. The molecule has 0 saturated carbocycles. The molecule has 1 atom stereocenters. The normalized spacial score (nSPS) is 18.3. The number of allylic oxidation sites excluding steroid dienone is 1. The van der Waals surface area contributed by atoms with Crippen LogP contribution in [0.25, 0.3) is 0 Å². The second kappa shape index (κ2) is 6.98. The summed E-state index contributed by atoms with van der Waals surface area (Å²) in [6, 6.07) is 6.49. The van der Waals surface area contributed by atoms with Crippen molar-refractivity contribution in [2.45, 2.75) is 51.9 Å². The number of anilines is 1. The molecule has 5 nitrogen and oxygen atoms in total. The van der Waals surface area contributed by atoms with Crippen LogP contribution in [0.5, 0.6) is 0 Å². The van der Waals surface area contributed by atoms with E-state index in [-0.39, 0.29) is 11.9 Å². The summed E-state index contributed by atoms with van der Waals surface area (Å²) in [5.74, 6) is 0.539. The summed E-state index contributed by atoms with van der Waals surface area (Å²) < 4.78 is 5.45. The van der Waals surface area contributed by atoms with Crippen LogP contribution < -0.4 is 5.32 Å². The molecular formula is C21H25N3O2. The maximum absolute atomic E-state index is 12.9. The Labute approximate surface area is 153 Å². The van der Waals surface area contributed by atoms with Gasteiger partial charge in [0.1, 0.15) is 5.82 Å². The van der Waals surface area contributed by atoms with Crippen LogP contribution in [0.1, 0.15) is 61.3 Å². The molecule has 2 heterocycles. The predicted molar refractivity (Wildman–Crippen MR) is 101 cm³/mol. The van der Waals surface area contributed by atoms with Gasteiger partial charge in [0.2, 0.25) is 0 Å². The van der Waals surface area contributed by atoms with Crippen molar-refractivity contribution >= 4 is 11.8 Å². The molecule has 1 aliphatic carbocycles. The third kappa shape index (κ3) is 2.71. The minimum atomic E-state index is -0.226. The fourth-order valence-electron chi connectivity index (χ4n) is 4.30. The molecule has 2 N–H and O–H groups in total. The van der Waals surface area contributed by atoms with Crippen molar-refractivity contribution in [1.29, 1.82) is 0 Å². The zero-order valence-corrected chi connectivity index (χ0v) is 15.4. The molecule has 0 saturated heterocycles. The lowest BCUT2D eigenvalue weighted by Crippen LogP contribution is -2.25. The van der Waals surface area contributed by atoms with Gasteiger partial charge in [0, 0.05) is 17.2 Å². The van der Waals surface area contributed by atoms with Gasteiger partial charge in [-0.15, -0.1) is 0 Å². The van der Waals surface area contributed by atoms with Crippen LogP contribution in [0.15, 0.2) is 35.7 Å². The maximum atomic E-state index is 12.9. The van der Waals surface area contributed by atoms with E-state index >= 15 is 0 Å². The van der Waals surface area contributed by atoms with Crippen LogP contribution in [-0.4, -0.2) is 22.8 Å². The van der Waals surface area contributed by atoms with Crippen LogP contribution >= 0.6 is 0 Å². The Hall–Kier alpha value is -2.56. The summed E-state index contributed by atoms with van der Waals surface area (Å²) in [5.41, 5.74) is 6.73. The second-order valence-electron chi connectivity index (χ2n) is 6.96. The van der Waals surface area contributed by atoms with Crippen molar-refractivity contribution in [3.63, 3.8) is 0 Å². The zero-order chi connectivity index (χ0) is 18.1. The van der Waals surface area contributed by atoms with Gasteiger partial charge in [-0.3, -0.25) is 5.10 Å². The summed E-state index contributed by atoms with van der Waals surface area (Å²) in [4.78, 5) is 12.9. The number of hydrogen-bond acceptors (Lipinski definition) is 4. The molecule has 1 aromatic carbocycles. The molecule has 136 valence electrons. The van der Waals surface area contributed by atoms with Crippen LogP contribution in [0.4, 0.5) is 5.82 Å². The highest BCUT2D eigenvalue weighted by Gasteiger charge is 2.37. The number of ether oxygens (including phenoxy) is 1. The Balaban J connectivity index is 1.91. The smallest absolute Gasteiger partial charge is 0.336 e. The van der Waals surface area contributed by atoms with Crippen LogP contribution in [0.2, 0.25) is 0 Å². The number of nitrogens with one attached hydrogen (secondary N) is 2. The van der Waals surface area contributed by atoms with E-state index in [1.54, 1.807) is 0 Å². The molecule has 5 heteroatoms. The first-order chi connectivity index (χ1) is 12.7. The third-order valence-corrected chi connectivity index (χ3v) is 5.36. The van der Waals surface area contributed by atoms with E-state index in [0.717, 1.165) is 48.3 Å². The molecule has 4 rings (SSSR count). The summed E-state index contributed by atoms with van der Waals surface area (Å²) in [5, 5.41) is 10.7. The van der Waals surface area contributed by atoms with Crippen molar-refractivity contribution < 1.29 is 9.53 Å². The average Bonchev–Trinajstić information content (AvgIpc) is 3.29. The minimum absolute atomic E-state index is 0.126. The fourth-order valence-corrected chi connectivity index (χ4v) is 4.30. The molecule has 0 radical (unpaired) electrons. The Morgan fingerprint density at radius 1 is 1.27 bits per heavy atom. The van der Waals surface area contributed by atoms with Gasteiger partial charge < -0.3 is 10.1 Å². The molecule has 1 aliphatic heterocycles. The fraction of sp³-hybridized carbons (Fsp3) is 0.429. The topological polar surface area (TPSA) is 67.0 Å². The number of aromatic nitrogens is 2. The van der Waals surface area contributed by atoms with E-state index in [9.17, 15) is 4.79 Å². The largest absolute Gasteiger partial charge is 0.463 e. The van der Waals surface area contributed by atoms with Gasteiger partial charge in [-0.2, -0.15) is 5.10 Å². The standard InChI is InChI=1S/C21H25N3O2/c1-3-7-17-19(21(25)26-4-2)18(16-12-22-24-20(16)23-17)15-11-6-9-13-8-5-10-14(13)15/h6,9,11-12,18H,3-5,7-8,10H2,1-2H3,(H2,22,23,24). The highest BCUT2D eigenvalue weighted by molar-refractivity contribution is 5.94. The lowest BCUT2D eigenvalue weighted by Gasteiger charge is -2.30. The van der Waals surface area contributed by atoms with Gasteiger partial charge in [-0.05, 0) is 49.3 Å². The number of nitrogens with zero attached hydrogens (tertiary/aromatic N) is 1. The van der Waals surface area contributed by atoms with Crippen molar-refractivity contribution in [2.75, 3.05) is 11.9 Å². The number of hydrogen-bond donors (Lipinski definition) is 2. The van der Waals surface area contributed by atoms with Crippen molar-refractivity contribution in [1.82, 2.24) is 10.2 Å². The highest BCUT2D eigenvalue weighted by Crippen LogP contribution is 2.45. The molecule has 2 aromatic rings. The lowest BCUT2D eigenvalue weighted by atomic mass is 9.79. The molecule has 2 aliphatic rings. The van der Waals surface area contributed by atoms with Crippen molar-refractivity contribution in [3.05, 3.63) is 57.9 Å². The second-order valence-corrected chi connectivity index (χ2v) is 6.96. The molecule has 1 aromatic heterocycles. The third-order valence-electron chi connectivity index (χ3n) is 5.36. The first kappa shape index (κ1) is 16.9. The number of aromatic amines is 1. The van der Waals surface area contributed by atoms with Gasteiger partial charge in [0.05, 0.1) is 18.4 Å². The number of aryl methyl sites for hydroxylation is 1. The van der Waals surface area contributed by atoms with E-state index in [4.69, 9.17) is 4.74 Å². The summed E-state index contributed by atoms with van der Waals surface area (Å²) in [6.07, 6.45) is 6.96. The number of carbonyl (C=O) groups is 1. The minimum Gasteiger partial charge on any atom is -0.463 e. The predicted octanol–water partition coefficient (Wildman–Crippen LogP) is 4.07. The summed E-state index contributed by atoms with van der Waals surface area (Å²) >= 11 is 0. The molecule has 0 spiro atoms. The van der Waals surface area contributed by atoms with Gasteiger partial charge in [-0.1, -0.05) is 31.5 Å². The monoisotopic (exact) mass is 351 g/mol. The van der Waals surface area contributed by atoms with E-state index in [2.05, 4.69) is 40.6 Å². The number of esters is 1. The van der Waals surface area contributed by atoms with Gasteiger partial charge in [0.25, 0.3) is 0 Å². The van der Waals surface area contributed by atoms with Gasteiger partial charge in [0.15, 0.2) is 0 Å². The number of fused-ring (bicyclic) bond motifs is 2. The highest BCUT2D eigenvalue weighted by atomic mass is 16.5. The Kier molecular flexibility index (Phi) is 4.53. The lowest BCUT2D eigenvalue weighted by molar-refractivity contribution is -0.138. The first-order valence-electron chi connectivity index (χ1n) is 9.55. The van der Waals surface area contributed by atoms with Crippen LogP contribution in [0, 0.1) is 0 Å². The van der Waals surface area contributed by atoms with Gasteiger partial charge >= 0.3 is 5.97 Å². The van der Waals surface area contributed by atoms with Crippen LogP contribution in [-0.2, 0) is 22.4 Å².